The van der Waals surface area contributed by atoms with Crippen LogP contribution in [0.3, 0.4) is 0 Å². The lowest BCUT2D eigenvalue weighted by Crippen LogP contribution is -2.50. The van der Waals surface area contributed by atoms with Gasteiger partial charge in [-0.05, 0) is 31.4 Å². The number of hydrogen-bond acceptors (Lipinski definition) is 3. The number of piperidine rings is 1. The van der Waals surface area contributed by atoms with Crippen LogP contribution in [0.4, 0.5) is 13.6 Å². The molecule has 28 heavy (non-hydrogen) atoms. The van der Waals surface area contributed by atoms with Crippen molar-refractivity contribution in [2.45, 2.75) is 38.6 Å². The zero-order chi connectivity index (χ0) is 19.8. The molecular weight excluding hydrogens is 481 g/mol. The Labute approximate surface area is 182 Å². The van der Waals surface area contributed by atoms with Crippen LogP contribution in [-0.4, -0.2) is 56.3 Å². The average Bonchev–Trinajstić information content (AvgIpc) is 2.65. The van der Waals surface area contributed by atoms with Gasteiger partial charge < -0.3 is 20.3 Å². The fourth-order valence-corrected chi connectivity index (χ4v) is 3.07. The van der Waals surface area contributed by atoms with Gasteiger partial charge in [0.2, 0.25) is 0 Å². The fraction of sp³-hybridized carbons (Fsp3) is 0.579. The van der Waals surface area contributed by atoms with E-state index in [4.69, 9.17) is 4.74 Å². The monoisotopic (exact) mass is 510 g/mol. The first kappa shape index (κ1) is 24.4. The van der Waals surface area contributed by atoms with Crippen molar-refractivity contribution < 1.29 is 18.3 Å². The number of nitrogens with zero attached hydrogens (tertiary/aromatic N) is 2. The molecule has 1 aromatic carbocycles. The van der Waals surface area contributed by atoms with Crippen molar-refractivity contribution in [1.29, 1.82) is 0 Å². The van der Waals surface area contributed by atoms with E-state index in [0.29, 0.717) is 37.8 Å². The van der Waals surface area contributed by atoms with Gasteiger partial charge in [-0.2, -0.15) is 0 Å². The quantitative estimate of drug-likeness (QED) is 0.362. The maximum absolute atomic E-state index is 13.9. The van der Waals surface area contributed by atoms with Crippen LogP contribution in [0.5, 0.6) is 0 Å². The summed E-state index contributed by atoms with van der Waals surface area (Å²) in [4.78, 5) is 17.6. The van der Waals surface area contributed by atoms with E-state index in [2.05, 4.69) is 15.6 Å². The lowest BCUT2D eigenvalue weighted by Gasteiger charge is -2.32. The number of aliphatic imine (C=N–C) groups is 1. The zero-order valence-electron chi connectivity index (χ0n) is 16.5. The van der Waals surface area contributed by atoms with Gasteiger partial charge in [0.15, 0.2) is 5.96 Å². The molecule has 158 valence electrons. The molecule has 0 bridgehead atoms. The molecule has 1 aliphatic heterocycles. The van der Waals surface area contributed by atoms with Gasteiger partial charge >= 0.3 is 6.09 Å². The molecule has 1 aliphatic rings. The van der Waals surface area contributed by atoms with Crippen LogP contribution in [0.2, 0.25) is 0 Å². The highest BCUT2D eigenvalue weighted by atomic mass is 127. The summed E-state index contributed by atoms with van der Waals surface area (Å²) in [5.74, 6) is -0.643. The van der Waals surface area contributed by atoms with Crippen LogP contribution in [0.15, 0.2) is 23.2 Å². The highest BCUT2D eigenvalue weighted by Gasteiger charge is 2.24. The first-order valence-electron chi connectivity index (χ1n) is 9.28. The Balaban J connectivity index is 0.00000392. The third-order valence-corrected chi connectivity index (χ3v) is 4.65. The molecule has 0 aromatic heterocycles. The van der Waals surface area contributed by atoms with E-state index in [-0.39, 0.29) is 42.0 Å². The number of carbonyl (C=O) groups excluding carboxylic acids is 1. The Morgan fingerprint density at radius 3 is 2.61 bits per heavy atom. The second-order valence-corrected chi connectivity index (χ2v) is 6.62. The molecular formula is C19H29F2IN4O2. The van der Waals surface area contributed by atoms with Crippen molar-refractivity contribution in [3.63, 3.8) is 0 Å². The van der Waals surface area contributed by atoms with Gasteiger partial charge in [0.25, 0.3) is 0 Å². The molecule has 1 heterocycles. The molecule has 1 fully saturated rings. The Morgan fingerprint density at radius 1 is 1.36 bits per heavy atom. The predicted molar refractivity (Wildman–Crippen MR) is 116 cm³/mol. The minimum atomic E-state index is -0.581. The molecule has 2 N–H and O–H groups in total. The number of amides is 1. The third-order valence-electron chi connectivity index (χ3n) is 4.65. The Hall–Kier alpha value is -1.65. The summed E-state index contributed by atoms with van der Waals surface area (Å²) in [5, 5.41) is 6.52. The summed E-state index contributed by atoms with van der Waals surface area (Å²) in [6.07, 6.45) is 1.32. The highest BCUT2D eigenvalue weighted by Crippen LogP contribution is 2.19. The molecule has 0 radical (unpaired) electrons. The zero-order valence-corrected chi connectivity index (χ0v) is 18.8. The lowest BCUT2D eigenvalue weighted by molar-refractivity contribution is 0.0963. The van der Waals surface area contributed by atoms with E-state index < -0.39 is 11.6 Å². The molecule has 1 atom stereocenters. The summed E-state index contributed by atoms with van der Waals surface area (Å²) in [5.41, 5.74) is 0.460. The Bertz CT molecular complexity index is 667. The summed E-state index contributed by atoms with van der Waals surface area (Å²) < 4.78 is 31.9. The number of nitrogens with one attached hydrogen (secondary N) is 2. The van der Waals surface area contributed by atoms with E-state index in [1.165, 1.54) is 12.1 Å². The highest BCUT2D eigenvalue weighted by molar-refractivity contribution is 14.0. The van der Waals surface area contributed by atoms with Crippen molar-refractivity contribution in [1.82, 2.24) is 15.5 Å². The first-order valence-corrected chi connectivity index (χ1v) is 9.28. The molecule has 0 spiro atoms. The van der Waals surface area contributed by atoms with Gasteiger partial charge in [0.1, 0.15) is 11.6 Å². The second kappa shape index (κ2) is 12.0. The Morgan fingerprint density at radius 2 is 2.04 bits per heavy atom. The van der Waals surface area contributed by atoms with Crippen LogP contribution >= 0.6 is 24.0 Å². The van der Waals surface area contributed by atoms with Crippen LogP contribution < -0.4 is 10.6 Å². The molecule has 6 nitrogen and oxygen atoms in total. The molecule has 9 heteroatoms. The van der Waals surface area contributed by atoms with Crippen LogP contribution in [0.25, 0.3) is 0 Å². The number of likely N-dealkylation sites (tertiary alicyclic amines) is 1. The third kappa shape index (κ3) is 7.06. The van der Waals surface area contributed by atoms with Gasteiger partial charge in [0.05, 0.1) is 6.61 Å². The number of ether oxygens (including phenoxy) is 1. The van der Waals surface area contributed by atoms with E-state index in [1.54, 1.807) is 18.9 Å². The van der Waals surface area contributed by atoms with Crippen LogP contribution in [0, 0.1) is 11.6 Å². The van der Waals surface area contributed by atoms with Gasteiger partial charge in [0, 0.05) is 44.7 Å². The summed E-state index contributed by atoms with van der Waals surface area (Å²) in [6, 6.07) is 3.83. The number of hydrogen-bond donors (Lipinski definition) is 2. The normalized spacial score (nSPS) is 16.2. The van der Waals surface area contributed by atoms with Gasteiger partial charge in [-0.3, -0.25) is 4.99 Å². The molecule has 0 saturated carbocycles. The number of rotatable bonds is 5. The lowest BCUT2D eigenvalue weighted by atomic mass is 10.0. The molecule has 0 aliphatic carbocycles. The molecule has 1 saturated heterocycles. The van der Waals surface area contributed by atoms with Crippen LogP contribution in [0.1, 0.15) is 38.2 Å². The van der Waals surface area contributed by atoms with Crippen molar-refractivity contribution in [3.8, 4) is 0 Å². The molecule has 1 unspecified atom stereocenters. The topological polar surface area (TPSA) is 66.0 Å². The second-order valence-electron chi connectivity index (χ2n) is 6.62. The minimum Gasteiger partial charge on any atom is -0.450 e. The minimum absolute atomic E-state index is 0. The number of guanidine groups is 1. The van der Waals surface area contributed by atoms with E-state index in [1.807, 2.05) is 6.92 Å². The maximum atomic E-state index is 13.9. The first-order chi connectivity index (χ1) is 12.9. The molecule has 1 amide bonds. The fourth-order valence-electron chi connectivity index (χ4n) is 3.07. The summed E-state index contributed by atoms with van der Waals surface area (Å²) in [6.45, 7) is 5.76. The summed E-state index contributed by atoms with van der Waals surface area (Å²) >= 11 is 0. The van der Waals surface area contributed by atoms with E-state index >= 15 is 0 Å². The summed E-state index contributed by atoms with van der Waals surface area (Å²) in [7, 11) is 1.67. The average molecular weight is 510 g/mol. The maximum Gasteiger partial charge on any atom is 0.409 e. The van der Waals surface area contributed by atoms with Crippen molar-refractivity contribution in [2.24, 2.45) is 4.99 Å². The van der Waals surface area contributed by atoms with E-state index in [0.717, 1.165) is 18.9 Å². The van der Waals surface area contributed by atoms with Crippen LogP contribution in [-0.2, 0) is 4.74 Å². The van der Waals surface area contributed by atoms with Gasteiger partial charge in [-0.1, -0.05) is 13.0 Å². The SMILES string of the molecule is CCOC(=O)N1CCC(NC(=NC)NCC(C)c2ccc(F)cc2F)CC1.I. The molecule has 1 aromatic rings. The number of carbonyl (C=O) groups is 1. The van der Waals surface area contributed by atoms with Crippen molar-refractivity contribution in [3.05, 3.63) is 35.4 Å². The number of benzene rings is 1. The number of halogens is 3. The largest absolute Gasteiger partial charge is 0.450 e. The predicted octanol–water partition coefficient (Wildman–Crippen LogP) is 3.47. The van der Waals surface area contributed by atoms with E-state index in [9.17, 15) is 13.6 Å². The smallest absolute Gasteiger partial charge is 0.409 e. The molecule has 2 rings (SSSR count). The Kier molecular flexibility index (Phi) is 10.5. The van der Waals surface area contributed by atoms with Gasteiger partial charge in [-0.15, -0.1) is 24.0 Å². The standard InChI is InChI=1S/C19H28F2N4O2.HI/c1-4-27-19(26)25-9-7-15(8-10-25)24-18(22-3)23-12-13(2)16-6-5-14(20)11-17(16)21;/h5-6,11,13,15H,4,7-10,12H2,1-3H3,(H2,22,23,24);1H. The van der Waals surface area contributed by atoms with Gasteiger partial charge in [-0.25, -0.2) is 13.6 Å². The van der Waals surface area contributed by atoms with Crippen molar-refractivity contribution in [2.75, 3.05) is 33.3 Å². The van der Waals surface area contributed by atoms with Crippen molar-refractivity contribution >= 4 is 36.0 Å².